The molecule has 1 aliphatic heterocycles. The van der Waals surface area contributed by atoms with Crippen LogP contribution < -0.4 is 0 Å². The van der Waals surface area contributed by atoms with Gasteiger partial charge in [-0.3, -0.25) is 4.99 Å². The second kappa shape index (κ2) is 4.60. The van der Waals surface area contributed by atoms with E-state index in [1.807, 2.05) is 23.9 Å². The van der Waals surface area contributed by atoms with Crippen LogP contribution in [0.4, 0.5) is 0 Å². The topological polar surface area (TPSA) is 12.4 Å². The zero-order valence-corrected chi connectivity index (χ0v) is 10.2. The molecule has 0 bridgehead atoms. The second-order valence-corrected chi connectivity index (χ2v) is 5.82. The lowest BCUT2D eigenvalue weighted by Crippen LogP contribution is -1.84. The van der Waals surface area contributed by atoms with Gasteiger partial charge in [0.1, 0.15) is 4.38 Å². The lowest BCUT2D eigenvalue weighted by Gasteiger charge is -2.04. The van der Waals surface area contributed by atoms with Gasteiger partial charge in [0.25, 0.3) is 0 Å². The van der Waals surface area contributed by atoms with Crippen LogP contribution in [0.2, 0.25) is 5.02 Å². The molecule has 1 heterocycles. The second-order valence-electron chi connectivity index (χ2n) is 3.01. The zero-order valence-electron chi connectivity index (χ0n) is 7.79. The minimum absolute atomic E-state index is 0.799. The zero-order chi connectivity index (χ0) is 9.97. The van der Waals surface area contributed by atoms with Crippen LogP contribution in [0.15, 0.2) is 28.1 Å². The molecule has 0 amide bonds. The van der Waals surface area contributed by atoms with Gasteiger partial charge in [0.2, 0.25) is 0 Å². The fourth-order valence-electron chi connectivity index (χ4n) is 1.20. The van der Waals surface area contributed by atoms with E-state index >= 15 is 0 Å². The van der Waals surface area contributed by atoms with Gasteiger partial charge in [-0.25, -0.2) is 0 Å². The number of rotatable bonds is 1. The van der Waals surface area contributed by atoms with Crippen molar-refractivity contribution in [3.05, 3.63) is 28.8 Å². The molecule has 0 radical (unpaired) electrons. The van der Waals surface area contributed by atoms with E-state index < -0.39 is 0 Å². The third-order valence-electron chi connectivity index (χ3n) is 1.89. The number of nitrogens with zero attached hydrogens (tertiary/aromatic N) is 1. The smallest absolute Gasteiger partial charge is 0.129 e. The van der Waals surface area contributed by atoms with Crippen LogP contribution in [-0.2, 0) is 0 Å². The Morgan fingerprint density at radius 1 is 1.50 bits per heavy atom. The van der Waals surface area contributed by atoms with E-state index in [9.17, 15) is 0 Å². The summed E-state index contributed by atoms with van der Waals surface area (Å²) in [6.07, 6.45) is 0. The summed E-state index contributed by atoms with van der Waals surface area (Å²) in [5, 5.41) is 0.799. The van der Waals surface area contributed by atoms with Crippen LogP contribution in [0, 0.1) is 6.92 Å². The van der Waals surface area contributed by atoms with Crippen molar-refractivity contribution in [2.75, 3.05) is 12.3 Å². The molecule has 0 fully saturated rings. The molecule has 0 N–H and O–H groups in total. The van der Waals surface area contributed by atoms with Gasteiger partial charge in [-0.1, -0.05) is 35.1 Å². The molecular weight excluding hydrogens is 234 g/mol. The fourth-order valence-corrected chi connectivity index (χ4v) is 3.42. The monoisotopic (exact) mass is 243 g/mol. The summed E-state index contributed by atoms with van der Waals surface area (Å²) >= 11 is 9.46. The van der Waals surface area contributed by atoms with E-state index in [4.69, 9.17) is 11.6 Å². The Labute approximate surface area is 97.3 Å². The van der Waals surface area contributed by atoms with E-state index in [-0.39, 0.29) is 0 Å². The summed E-state index contributed by atoms with van der Waals surface area (Å²) in [7, 11) is 0. The number of hydrogen-bond acceptors (Lipinski definition) is 3. The SMILES string of the molecule is Cc1cc(Cl)ccc1SC1=NCCS1. The lowest BCUT2D eigenvalue weighted by atomic mass is 10.2. The first-order valence-electron chi connectivity index (χ1n) is 4.37. The van der Waals surface area contributed by atoms with E-state index in [1.54, 1.807) is 11.8 Å². The van der Waals surface area contributed by atoms with Crippen molar-refractivity contribution in [1.82, 2.24) is 0 Å². The molecule has 1 aromatic carbocycles. The van der Waals surface area contributed by atoms with Crippen LogP contribution in [0.1, 0.15) is 5.56 Å². The molecule has 0 aromatic heterocycles. The summed E-state index contributed by atoms with van der Waals surface area (Å²) in [5.41, 5.74) is 1.22. The number of thioether (sulfide) groups is 2. The first-order chi connectivity index (χ1) is 6.75. The molecule has 0 unspecified atom stereocenters. The Hall–Kier alpha value is -0.120. The Kier molecular flexibility index (Phi) is 3.42. The highest BCUT2D eigenvalue weighted by molar-refractivity contribution is 8.39. The fraction of sp³-hybridized carbons (Fsp3) is 0.300. The maximum absolute atomic E-state index is 5.89. The van der Waals surface area contributed by atoms with Crippen LogP contribution in [0.5, 0.6) is 0 Å². The van der Waals surface area contributed by atoms with Crippen molar-refractivity contribution in [3.63, 3.8) is 0 Å². The molecule has 2 rings (SSSR count). The van der Waals surface area contributed by atoms with Crippen molar-refractivity contribution in [2.24, 2.45) is 4.99 Å². The van der Waals surface area contributed by atoms with Gasteiger partial charge >= 0.3 is 0 Å². The third-order valence-corrected chi connectivity index (χ3v) is 4.48. The predicted octanol–water partition coefficient (Wildman–Crippen LogP) is 3.84. The first kappa shape index (κ1) is 10.4. The normalized spacial score (nSPS) is 15.7. The number of halogens is 1. The van der Waals surface area contributed by atoms with Gasteiger partial charge < -0.3 is 0 Å². The Morgan fingerprint density at radius 2 is 2.36 bits per heavy atom. The van der Waals surface area contributed by atoms with Crippen molar-refractivity contribution >= 4 is 39.5 Å². The van der Waals surface area contributed by atoms with Crippen molar-refractivity contribution in [1.29, 1.82) is 0 Å². The lowest BCUT2D eigenvalue weighted by molar-refractivity contribution is 1.18. The first-order valence-corrected chi connectivity index (χ1v) is 6.55. The molecule has 0 aliphatic carbocycles. The molecule has 14 heavy (non-hydrogen) atoms. The number of benzene rings is 1. The predicted molar refractivity (Wildman–Crippen MR) is 66.8 cm³/mol. The third kappa shape index (κ3) is 2.47. The molecule has 4 heteroatoms. The highest BCUT2D eigenvalue weighted by Gasteiger charge is 2.10. The standard InChI is InChI=1S/C10H10ClNS2/c1-7-6-8(11)2-3-9(7)14-10-12-4-5-13-10/h2-3,6H,4-5H2,1H3. The Balaban J connectivity index is 2.16. The molecular formula is C10H10ClNS2. The van der Waals surface area contributed by atoms with Gasteiger partial charge in [0.05, 0.1) is 6.54 Å². The molecule has 0 atom stereocenters. The minimum Gasteiger partial charge on any atom is -0.271 e. The average molecular weight is 244 g/mol. The maximum Gasteiger partial charge on any atom is 0.129 e. The summed E-state index contributed by atoms with van der Waals surface area (Å²) in [6, 6.07) is 5.98. The van der Waals surface area contributed by atoms with Crippen LogP contribution in [0.3, 0.4) is 0 Å². The number of hydrogen-bond donors (Lipinski definition) is 0. The van der Waals surface area contributed by atoms with Gasteiger partial charge in [-0.15, -0.1) is 0 Å². The minimum atomic E-state index is 0.799. The number of aliphatic imine (C=N–C) groups is 1. The highest BCUT2D eigenvalue weighted by atomic mass is 35.5. The molecule has 1 nitrogen and oxygen atoms in total. The highest BCUT2D eigenvalue weighted by Crippen LogP contribution is 2.32. The van der Waals surface area contributed by atoms with Crippen molar-refractivity contribution in [2.45, 2.75) is 11.8 Å². The van der Waals surface area contributed by atoms with Gasteiger partial charge in [0, 0.05) is 15.7 Å². The summed E-state index contributed by atoms with van der Waals surface area (Å²) in [6.45, 7) is 3.04. The van der Waals surface area contributed by atoms with Crippen molar-refractivity contribution < 1.29 is 0 Å². The molecule has 1 aliphatic rings. The Morgan fingerprint density at radius 3 is 3.00 bits per heavy atom. The summed E-state index contributed by atoms with van der Waals surface area (Å²) in [4.78, 5) is 5.66. The molecule has 0 saturated heterocycles. The maximum atomic E-state index is 5.89. The molecule has 0 spiro atoms. The van der Waals surface area contributed by atoms with Crippen LogP contribution >= 0.6 is 35.1 Å². The Bertz CT molecular complexity index is 376. The quantitative estimate of drug-likeness (QED) is 0.743. The molecule has 1 aromatic rings. The van der Waals surface area contributed by atoms with Crippen LogP contribution in [-0.4, -0.2) is 16.7 Å². The average Bonchev–Trinajstić information content (AvgIpc) is 2.62. The van der Waals surface area contributed by atoms with Gasteiger partial charge in [0.15, 0.2) is 0 Å². The van der Waals surface area contributed by atoms with Gasteiger partial charge in [-0.2, -0.15) is 0 Å². The van der Waals surface area contributed by atoms with Gasteiger partial charge in [-0.05, 0) is 30.7 Å². The van der Waals surface area contributed by atoms with Crippen molar-refractivity contribution in [3.8, 4) is 0 Å². The van der Waals surface area contributed by atoms with E-state index in [0.29, 0.717) is 0 Å². The van der Waals surface area contributed by atoms with E-state index in [1.165, 1.54) is 14.8 Å². The number of aryl methyl sites for hydroxylation is 1. The largest absolute Gasteiger partial charge is 0.271 e. The van der Waals surface area contributed by atoms with E-state index in [0.717, 1.165) is 17.3 Å². The van der Waals surface area contributed by atoms with Crippen LogP contribution in [0.25, 0.3) is 0 Å². The summed E-state index contributed by atoms with van der Waals surface area (Å²) < 4.78 is 1.18. The van der Waals surface area contributed by atoms with E-state index in [2.05, 4.69) is 18.0 Å². The summed E-state index contributed by atoms with van der Waals surface area (Å²) in [5.74, 6) is 1.12. The molecule has 0 saturated carbocycles. The molecule has 74 valence electrons.